The van der Waals surface area contributed by atoms with Gasteiger partial charge in [0.1, 0.15) is 0 Å². The van der Waals surface area contributed by atoms with Gasteiger partial charge in [-0.25, -0.2) is 0 Å². The summed E-state index contributed by atoms with van der Waals surface area (Å²) in [5, 5.41) is 7.00. The zero-order valence-electron chi connectivity index (χ0n) is 8.35. The average molecular weight is 202 g/mol. The number of nitrogens with one attached hydrogen (secondary N) is 2. The van der Waals surface area contributed by atoms with Gasteiger partial charge in [-0.3, -0.25) is 0 Å². The molecule has 0 amide bonds. The smallest absolute Gasteiger partial charge is 0.166 e. The minimum Gasteiger partial charge on any atom is -0.379 e. The first-order chi connectivity index (χ1) is 6.22. The van der Waals surface area contributed by atoms with Crippen molar-refractivity contribution in [3.63, 3.8) is 0 Å². The molecule has 1 heterocycles. The van der Waals surface area contributed by atoms with Gasteiger partial charge in [-0.15, -0.1) is 0 Å². The van der Waals surface area contributed by atoms with Crippen molar-refractivity contribution in [3.8, 4) is 0 Å². The SMILES string of the molecule is CCCC1(NC(=S)NC)CCOC1. The average Bonchev–Trinajstić information content (AvgIpc) is 2.54. The first-order valence-electron chi connectivity index (χ1n) is 4.80. The first kappa shape index (κ1) is 10.7. The van der Waals surface area contributed by atoms with Crippen molar-refractivity contribution in [2.75, 3.05) is 20.3 Å². The van der Waals surface area contributed by atoms with Crippen molar-refractivity contribution in [1.29, 1.82) is 0 Å². The van der Waals surface area contributed by atoms with Gasteiger partial charge >= 0.3 is 0 Å². The summed E-state index contributed by atoms with van der Waals surface area (Å²) >= 11 is 5.10. The van der Waals surface area contributed by atoms with E-state index in [9.17, 15) is 0 Å². The Kier molecular flexibility index (Phi) is 3.93. The van der Waals surface area contributed by atoms with E-state index in [2.05, 4.69) is 17.6 Å². The fourth-order valence-electron chi connectivity index (χ4n) is 1.75. The van der Waals surface area contributed by atoms with Crippen LogP contribution in [0.4, 0.5) is 0 Å². The minimum atomic E-state index is 0.0921. The van der Waals surface area contributed by atoms with E-state index in [0.717, 1.165) is 37.6 Å². The van der Waals surface area contributed by atoms with Gasteiger partial charge < -0.3 is 15.4 Å². The van der Waals surface area contributed by atoms with Crippen LogP contribution in [0.3, 0.4) is 0 Å². The molecule has 0 aromatic heterocycles. The summed E-state index contributed by atoms with van der Waals surface area (Å²) < 4.78 is 5.41. The number of rotatable bonds is 3. The summed E-state index contributed by atoms with van der Waals surface area (Å²) in [6, 6.07) is 0. The highest BCUT2D eigenvalue weighted by atomic mass is 32.1. The molecule has 1 fully saturated rings. The van der Waals surface area contributed by atoms with Crippen LogP contribution < -0.4 is 10.6 Å². The molecule has 1 atom stereocenters. The van der Waals surface area contributed by atoms with Crippen LogP contribution in [0.5, 0.6) is 0 Å². The lowest BCUT2D eigenvalue weighted by atomic mass is 9.93. The fourth-order valence-corrected chi connectivity index (χ4v) is 1.96. The molecule has 1 aliphatic heterocycles. The third-order valence-corrected chi connectivity index (χ3v) is 2.74. The summed E-state index contributed by atoms with van der Waals surface area (Å²) in [7, 11) is 1.84. The second-order valence-corrected chi connectivity index (χ2v) is 3.95. The molecule has 4 heteroatoms. The van der Waals surface area contributed by atoms with Crippen molar-refractivity contribution in [3.05, 3.63) is 0 Å². The molecule has 0 saturated carbocycles. The third-order valence-electron chi connectivity index (χ3n) is 2.44. The van der Waals surface area contributed by atoms with Crippen LogP contribution in [-0.4, -0.2) is 30.9 Å². The molecular formula is C9H18N2OS. The van der Waals surface area contributed by atoms with E-state index in [1.54, 1.807) is 0 Å². The van der Waals surface area contributed by atoms with Gasteiger partial charge in [0.05, 0.1) is 12.1 Å². The van der Waals surface area contributed by atoms with E-state index in [4.69, 9.17) is 17.0 Å². The molecule has 0 aromatic carbocycles. The molecule has 1 rings (SSSR count). The zero-order valence-corrected chi connectivity index (χ0v) is 9.17. The van der Waals surface area contributed by atoms with E-state index >= 15 is 0 Å². The molecule has 1 aliphatic rings. The zero-order chi connectivity index (χ0) is 9.73. The maximum Gasteiger partial charge on any atom is 0.166 e. The maximum absolute atomic E-state index is 5.41. The maximum atomic E-state index is 5.41. The van der Waals surface area contributed by atoms with E-state index in [-0.39, 0.29) is 5.54 Å². The summed E-state index contributed by atoms with van der Waals surface area (Å²) in [4.78, 5) is 0. The molecule has 2 N–H and O–H groups in total. The van der Waals surface area contributed by atoms with Crippen molar-refractivity contribution >= 4 is 17.3 Å². The molecule has 13 heavy (non-hydrogen) atoms. The number of hydrogen-bond acceptors (Lipinski definition) is 2. The molecule has 0 spiro atoms. The fraction of sp³-hybridized carbons (Fsp3) is 0.889. The Labute approximate surface area is 85.2 Å². The monoisotopic (exact) mass is 202 g/mol. The van der Waals surface area contributed by atoms with Gasteiger partial charge in [-0.05, 0) is 25.1 Å². The Morgan fingerprint density at radius 1 is 1.62 bits per heavy atom. The lowest BCUT2D eigenvalue weighted by molar-refractivity contribution is 0.169. The highest BCUT2D eigenvalue weighted by Gasteiger charge is 2.34. The van der Waals surface area contributed by atoms with Crippen LogP contribution in [0.25, 0.3) is 0 Å². The number of hydrogen-bond donors (Lipinski definition) is 2. The van der Waals surface area contributed by atoms with Crippen molar-refractivity contribution < 1.29 is 4.74 Å². The number of ether oxygens (including phenoxy) is 1. The molecule has 1 unspecified atom stereocenters. The molecule has 1 saturated heterocycles. The van der Waals surface area contributed by atoms with E-state index in [1.807, 2.05) is 7.05 Å². The Morgan fingerprint density at radius 2 is 2.38 bits per heavy atom. The quantitative estimate of drug-likeness (QED) is 0.670. The second kappa shape index (κ2) is 4.77. The summed E-state index contributed by atoms with van der Waals surface area (Å²) in [6.07, 6.45) is 3.33. The lowest BCUT2D eigenvalue weighted by Gasteiger charge is -2.29. The summed E-state index contributed by atoms with van der Waals surface area (Å²) in [5.41, 5.74) is 0.0921. The predicted octanol–water partition coefficient (Wildman–Crippen LogP) is 1.04. The van der Waals surface area contributed by atoms with Gasteiger partial charge in [0.2, 0.25) is 0 Å². The van der Waals surface area contributed by atoms with Crippen LogP contribution in [0, 0.1) is 0 Å². The van der Waals surface area contributed by atoms with Crippen molar-refractivity contribution in [2.45, 2.75) is 31.7 Å². The van der Waals surface area contributed by atoms with Gasteiger partial charge in [0, 0.05) is 13.7 Å². The summed E-state index contributed by atoms with van der Waals surface area (Å²) in [5.74, 6) is 0. The standard InChI is InChI=1S/C9H18N2OS/c1-3-4-9(5-6-12-7-9)11-8(13)10-2/h3-7H2,1-2H3,(H2,10,11,13). The molecule has 0 aliphatic carbocycles. The van der Waals surface area contributed by atoms with Crippen LogP contribution in [0.15, 0.2) is 0 Å². The Balaban J connectivity index is 2.51. The topological polar surface area (TPSA) is 33.3 Å². The van der Waals surface area contributed by atoms with E-state index < -0.39 is 0 Å². The third kappa shape index (κ3) is 2.81. The van der Waals surface area contributed by atoms with Crippen molar-refractivity contribution in [1.82, 2.24) is 10.6 Å². The van der Waals surface area contributed by atoms with Crippen LogP contribution in [0.1, 0.15) is 26.2 Å². The lowest BCUT2D eigenvalue weighted by Crippen LogP contribution is -2.51. The van der Waals surface area contributed by atoms with Crippen LogP contribution in [-0.2, 0) is 4.74 Å². The van der Waals surface area contributed by atoms with E-state index in [1.165, 1.54) is 0 Å². The Bertz CT molecular complexity index is 178. The van der Waals surface area contributed by atoms with Crippen LogP contribution in [0.2, 0.25) is 0 Å². The first-order valence-corrected chi connectivity index (χ1v) is 5.21. The largest absolute Gasteiger partial charge is 0.379 e. The van der Waals surface area contributed by atoms with Gasteiger partial charge in [-0.2, -0.15) is 0 Å². The molecule has 0 bridgehead atoms. The van der Waals surface area contributed by atoms with E-state index in [0.29, 0.717) is 0 Å². The van der Waals surface area contributed by atoms with Crippen molar-refractivity contribution in [2.24, 2.45) is 0 Å². The molecular weight excluding hydrogens is 184 g/mol. The molecule has 76 valence electrons. The van der Waals surface area contributed by atoms with Gasteiger partial charge in [0.25, 0.3) is 0 Å². The van der Waals surface area contributed by atoms with Crippen LogP contribution >= 0.6 is 12.2 Å². The number of thiocarbonyl (C=S) groups is 1. The Morgan fingerprint density at radius 3 is 2.85 bits per heavy atom. The summed E-state index contributed by atoms with van der Waals surface area (Å²) in [6.45, 7) is 3.81. The van der Waals surface area contributed by atoms with Gasteiger partial charge in [0.15, 0.2) is 5.11 Å². The predicted molar refractivity (Wildman–Crippen MR) is 57.9 cm³/mol. The highest BCUT2D eigenvalue weighted by molar-refractivity contribution is 7.80. The van der Waals surface area contributed by atoms with Gasteiger partial charge in [-0.1, -0.05) is 13.3 Å². The second-order valence-electron chi connectivity index (χ2n) is 3.54. The minimum absolute atomic E-state index is 0.0921. The normalized spacial score (nSPS) is 27.2. The highest BCUT2D eigenvalue weighted by Crippen LogP contribution is 2.23. The molecule has 0 aromatic rings. The Hall–Kier alpha value is -0.350. The molecule has 0 radical (unpaired) electrons. The molecule has 3 nitrogen and oxygen atoms in total.